The average Bonchev–Trinajstić information content (AvgIpc) is 2.61. The minimum Gasteiger partial charge on any atom is -0.314 e. The van der Waals surface area contributed by atoms with Crippen molar-refractivity contribution < 1.29 is 0 Å². The Balaban J connectivity index is 2.44. The van der Waals surface area contributed by atoms with Crippen molar-refractivity contribution in [3.63, 3.8) is 0 Å². The molecule has 1 N–H and O–H groups in total. The quantitative estimate of drug-likeness (QED) is 0.712. The van der Waals surface area contributed by atoms with Crippen molar-refractivity contribution in [2.24, 2.45) is 17.8 Å². The predicted octanol–water partition coefficient (Wildman–Crippen LogP) is 3.45. The average molecular weight is 197 g/mol. The lowest BCUT2D eigenvalue weighted by Crippen LogP contribution is -2.39. The van der Waals surface area contributed by atoms with Crippen molar-refractivity contribution in [3.8, 4) is 0 Å². The summed E-state index contributed by atoms with van der Waals surface area (Å²) < 4.78 is 0. The molecule has 0 amide bonds. The van der Waals surface area contributed by atoms with Gasteiger partial charge >= 0.3 is 0 Å². The molecule has 3 unspecified atom stereocenters. The predicted molar refractivity (Wildman–Crippen MR) is 63.4 cm³/mol. The fourth-order valence-corrected chi connectivity index (χ4v) is 2.99. The van der Waals surface area contributed by atoms with Crippen LogP contribution in [-0.2, 0) is 0 Å². The van der Waals surface area contributed by atoms with Crippen LogP contribution in [0.3, 0.4) is 0 Å². The van der Waals surface area contributed by atoms with E-state index in [-0.39, 0.29) is 0 Å². The highest BCUT2D eigenvalue weighted by Crippen LogP contribution is 2.36. The molecule has 0 bridgehead atoms. The first-order valence-corrected chi connectivity index (χ1v) is 6.42. The second-order valence-electron chi connectivity index (χ2n) is 5.17. The second-order valence-corrected chi connectivity index (χ2v) is 5.17. The molecule has 0 radical (unpaired) electrons. The van der Waals surface area contributed by atoms with Crippen LogP contribution in [0.15, 0.2) is 0 Å². The maximum atomic E-state index is 3.67. The molecule has 1 aliphatic carbocycles. The Hall–Kier alpha value is -0.0400. The van der Waals surface area contributed by atoms with Gasteiger partial charge < -0.3 is 5.32 Å². The fraction of sp³-hybridized carbons (Fsp3) is 1.00. The van der Waals surface area contributed by atoms with Crippen molar-refractivity contribution in [2.45, 2.75) is 59.4 Å². The molecule has 0 heterocycles. The monoisotopic (exact) mass is 197 g/mol. The summed E-state index contributed by atoms with van der Waals surface area (Å²) >= 11 is 0. The third-order valence-corrected chi connectivity index (χ3v) is 3.83. The molecule has 1 fully saturated rings. The van der Waals surface area contributed by atoms with Crippen molar-refractivity contribution in [3.05, 3.63) is 0 Å². The summed E-state index contributed by atoms with van der Waals surface area (Å²) in [6.45, 7) is 10.4. The molecule has 0 aromatic rings. The van der Waals surface area contributed by atoms with E-state index in [1.165, 1.54) is 25.7 Å². The van der Waals surface area contributed by atoms with Gasteiger partial charge in [-0.2, -0.15) is 0 Å². The van der Waals surface area contributed by atoms with Crippen LogP contribution < -0.4 is 5.32 Å². The van der Waals surface area contributed by atoms with Gasteiger partial charge in [-0.25, -0.2) is 0 Å². The first kappa shape index (κ1) is 12.0. The third kappa shape index (κ3) is 2.98. The lowest BCUT2D eigenvalue weighted by Gasteiger charge is -2.28. The first-order chi connectivity index (χ1) is 6.69. The zero-order valence-electron chi connectivity index (χ0n) is 10.3. The Labute approximate surface area is 89.7 Å². The molecule has 1 rings (SSSR count). The molecular weight excluding hydrogens is 170 g/mol. The molecule has 0 aliphatic heterocycles. The Morgan fingerprint density at radius 3 is 2.36 bits per heavy atom. The molecule has 0 spiro atoms. The van der Waals surface area contributed by atoms with Gasteiger partial charge in [-0.15, -0.1) is 0 Å². The van der Waals surface area contributed by atoms with Crippen LogP contribution in [-0.4, -0.2) is 12.6 Å². The van der Waals surface area contributed by atoms with Gasteiger partial charge in [-0.05, 0) is 37.1 Å². The van der Waals surface area contributed by atoms with Crippen LogP contribution in [0.25, 0.3) is 0 Å². The highest BCUT2D eigenvalue weighted by atomic mass is 14.9. The lowest BCUT2D eigenvalue weighted by molar-refractivity contribution is 0.283. The number of hydrogen-bond acceptors (Lipinski definition) is 1. The van der Waals surface area contributed by atoms with E-state index in [0.717, 1.165) is 30.3 Å². The summed E-state index contributed by atoms with van der Waals surface area (Å²) in [4.78, 5) is 0. The maximum Gasteiger partial charge on any atom is 0.0118 e. The van der Waals surface area contributed by atoms with Gasteiger partial charge in [0.05, 0.1) is 0 Å². The summed E-state index contributed by atoms with van der Waals surface area (Å²) in [6.07, 6.45) is 5.77. The Bertz CT molecular complexity index is 153. The lowest BCUT2D eigenvalue weighted by atomic mass is 9.88. The van der Waals surface area contributed by atoms with Gasteiger partial charge in [-0.1, -0.05) is 40.5 Å². The number of nitrogens with one attached hydrogen (secondary N) is 1. The molecule has 1 aliphatic rings. The molecule has 0 aromatic carbocycles. The van der Waals surface area contributed by atoms with Crippen molar-refractivity contribution in [2.75, 3.05) is 6.54 Å². The second kappa shape index (κ2) is 5.75. The van der Waals surface area contributed by atoms with Crippen LogP contribution in [0.2, 0.25) is 0 Å². The fourth-order valence-electron chi connectivity index (χ4n) is 2.99. The zero-order chi connectivity index (χ0) is 10.6. The number of rotatable bonds is 5. The summed E-state index contributed by atoms with van der Waals surface area (Å²) in [5.74, 6) is 2.75. The summed E-state index contributed by atoms with van der Waals surface area (Å²) in [5.41, 5.74) is 0. The van der Waals surface area contributed by atoms with Crippen LogP contribution in [0, 0.1) is 17.8 Å². The standard InChI is InChI=1S/C13H27N/c1-5-11-7-8-12(9-11)13(10(3)4)14-6-2/h10-14H,5-9H2,1-4H3. The molecule has 14 heavy (non-hydrogen) atoms. The Kier molecular flexibility index (Phi) is 4.94. The van der Waals surface area contributed by atoms with E-state index in [4.69, 9.17) is 0 Å². The van der Waals surface area contributed by atoms with Gasteiger partial charge in [0.2, 0.25) is 0 Å². The summed E-state index contributed by atoms with van der Waals surface area (Å²) in [7, 11) is 0. The highest BCUT2D eigenvalue weighted by molar-refractivity contribution is 4.85. The Morgan fingerprint density at radius 2 is 1.93 bits per heavy atom. The summed E-state index contributed by atoms with van der Waals surface area (Å²) in [6, 6.07) is 0.761. The van der Waals surface area contributed by atoms with E-state index in [0.29, 0.717) is 0 Å². The van der Waals surface area contributed by atoms with Crippen LogP contribution in [0.1, 0.15) is 53.4 Å². The van der Waals surface area contributed by atoms with E-state index in [1.54, 1.807) is 0 Å². The minimum absolute atomic E-state index is 0.761. The van der Waals surface area contributed by atoms with Gasteiger partial charge in [0.25, 0.3) is 0 Å². The largest absolute Gasteiger partial charge is 0.314 e. The topological polar surface area (TPSA) is 12.0 Å². The maximum absolute atomic E-state index is 3.67. The van der Waals surface area contributed by atoms with E-state index in [2.05, 4.69) is 33.0 Å². The molecule has 1 saturated carbocycles. The van der Waals surface area contributed by atoms with E-state index in [1.807, 2.05) is 0 Å². The Morgan fingerprint density at radius 1 is 1.21 bits per heavy atom. The van der Waals surface area contributed by atoms with Crippen molar-refractivity contribution in [1.82, 2.24) is 5.32 Å². The highest BCUT2D eigenvalue weighted by Gasteiger charge is 2.30. The minimum atomic E-state index is 0.761. The van der Waals surface area contributed by atoms with Crippen LogP contribution in [0.5, 0.6) is 0 Å². The van der Waals surface area contributed by atoms with Crippen molar-refractivity contribution >= 4 is 0 Å². The zero-order valence-corrected chi connectivity index (χ0v) is 10.3. The smallest absolute Gasteiger partial charge is 0.0118 e. The van der Waals surface area contributed by atoms with Crippen molar-refractivity contribution in [1.29, 1.82) is 0 Å². The van der Waals surface area contributed by atoms with Crippen LogP contribution >= 0.6 is 0 Å². The van der Waals surface area contributed by atoms with Gasteiger partial charge in [0.1, 0.15) is 0 Å². The first-order valence-electron chi connectivity index (χ1n) is 6.42. The van der Waals surface area contributed by atoms with Gasteiger partial charge in [-0.3, -0.25) is 0 Å². The van der Waals surface area contributed by atoms with Gasteiger partial charge in [0, 0.05) is 6.04 Å². The van der Waals surface area contributed by atoms with Crippen LogP contribution in [0.4, 0.5) is 0 Å². The molecule has 0 aromatic heterocycles. The number of hydrogen-bond donors (Lipinski definition) is 1. The summed E-state index contributed by atoms with van der Waals surface area (Å²) in [5, 5.41) is 3.67. The van der Waals surface area contributed by atoms with E-state index in [9.17, 15) is 0 Å². The molecule has 1 nitrogen and oxygen atoms in total. The SMILES string of the molecule is CCNC(C(C)C)C1CCC(CC)C1. The molecular formula is C13H27N. The molecule has 3 atom stereocenters. The molecule has 1 heteroatoms. The molecule has 0 saturated heterocycles. The normalized spacial score (nSPS) is 29.8. The van der Waals surface area contributed by atoms with E-state index < -0.39 is 0 Å². The van der Waals surface area contributed by atoms with E-state index >= 15 is 0 Å². The third-order valence-electron chi connectivity index (χ3n) is 3.83. The molecule has 84 valence electrons. The van der Waals surface area contributed by atoms with Gasteiger partial charge in [0.15, 0.2) is 0 Å².